The molecule has 0 fully saturated rings. The van der Waals surface area contributed by atoms with E-state index in [2.05, 4.69) is 5.10 Å². The van der Waals surface area contributed by atoms with Gasteiger partial charge in [0.15, 0.2) is 0 Å². The Hall–Kier alpha value is -1.91. The number of nitro benzene ring substituents is 1. The monoisotopic (exact) mass is 205 g/mol. The van der Waals surface area contributed by atoms with Crippen LogP contribution < -0.4 is 0 Å². The molecule has 1 heterocycles. The van der Waals surface area contributed by atoms with Gasteiger partial charge in [0.05, 0.1) is 22.0 Å². The van der Waals surface area contributed by atoms with E-state index in [1.54, 1.807) is 16.9 Å². The molecule has 0 saturated carbocycles. The maximum atomic E-state index is 10.8. The largest absolute Gasteiger partial charge is 0.280 e. The van der Waals surface area contributed by atoms with Crippen LogP contribution in [0.3, 0.4) is 0 Å². The minimum Gasteiger partial charge on any atom is -0.262 e. The summed E-state index contributed by atoms with van der Waals surface area (Å²) in [5, 5.41) is 15.5. The van der Waals surface area contributed by atoms with Gasteiger partial charge in [0.2, 0.25) is 0 Å². The fourth-order valence-electron chi connectivity index (χ4n) is 1.63. The van der Waals surface area contributed by atoms with Crippen molar-refractivity contribution < 1.29 is 4.92 Å². The van der Waals surface area contributed by atoms with Crippen molar-refractivity contribution in [2.45, 2.75) is 19.9 Å². The van der Waals surface area contributed by atoms with Crippen molar-refractivity contribution in [1.29, 1.82) is 0 Å². The van der Waals surface area contributed by atoms with Gasteiger partial charge in [-0.15, -0.1) is 0 Å². The van der Waals surface area contributed by atoms with Crippen LogP contribution in [-0.2, 0) is 0 Å². The summed E-state index contributed by atoms with van der Waals surface area (Å²) in [7, 11) is 0. The van der Waals surface area contributed by atoms with E-state index in [0.29, 0.717) is 5.39 Å². The summed E-state index contributed by atoms with van der Waals surface area (Å²) in [5.74, 6) is 0. The zero-order valence-electron chi connectivity index (χ0n) is 8.54. The Morgan fingerprint density at radius 2 is 2.20 bits per heavy atom. The van der Waals surface area contributed by atoms with E-state index in [1.807, 2.05) is 19.9 Å². The minimum absolute atomic E-state index is 0.111. The lowest BCUT2D eigenvalue weighted by Crippen LogP contribution is -2.01. The number of fused-ring (bicyclic) bond motifs is 1. The summed E-state index contributed by atoms with van der Waals surface area (Å²) in [4.78, 5) is 10.4. The molecule has 5 nitrogen and oxygen atoms in total. The van der Waals surface area contributed by atoms with Gasteiger partial charge in [-0.25, -0.2) is 0 Å². The average Bonchev–Trinajstić information content (AvgIpc) is 2.59. The molecule has 1 aromatic heterocycles. The summed E-state index contributed by atoms with van der Waals surface area (Å²) < 4.78 is 1.78. The van der Waals surface area contributed by atoms with E-state index in [0.717, 1.165) is 5.52 Å². The second kappa shape index (κ2) is 3.34. The van der Waals surface area contributed by atoms with Crippen LogP contribution in [0.5, 0.6) is 0 Å². The molecule has 5 heteroatoms. The lowest BCUT2D eigenvalue weighted by molar-refractivity contribution is -0.383. The van der Waals surface area contributed by atoms with Crippen molar-refractivity contribution in [3.05, 3.63) is 34.5 Å². The van der Waals surface area contributed by atoms with Gasteiger partial charge < -0.3 is 0 Å². The van der Waals surface area contributed by atoms with Gasteiger partial charge in [-0.3, -0.25) is 14.8 Å². The zero-order valence-corrected chi connectivity index (χ0v) is 8.54. The fourth-order valence-corrected chi connectivity index (χ4v) is 1.63. The van der Waals surface area contributed by atoms with E-state index in [9.17, 15) is 10.1 Å². The van der Waals surface area contributed by atoms with Gasteiger partial charge in [-0.1, -0.05) is 6.07 Å². The van der Waals surface area contributed by atoms with Crippen LogP contribution in [0.15, 0.2) is 24.4 Å². The Morgan fingerprint density at radius 1 is 1.47 bits per heavy atom. The van der Waals surface area contributed by atoms with E-state index in [4.69, 9.17) is 0 Å². The Bertz CT molecular complexity index is 516. The lowest BCUT2D eigenvalue weighted by Gasteiger charge is -2.06. The highest BCUT2D eigenvalue weighted by Crippen LogP contribution is 2.26. The molecule has 78 valence electrons. The van der Waals surface area contributed by atoms with Crippen molar-refractivity contribution in [3.8, 4) is 0 Å². The Labute approximate surface area is 86.5 Å². The van der Waals surface area contributed by atoms with Gasteiger partial charge in [0.1, 0.15) is 0 Å². The SMILES string of the molecule is CC(C)n1ncc2c([N+](=O)[O-])cccc21. The highest BCUT2D eigenvalue weighted by molar-refractivity contribution is 5.87. The number of benzene rings is 1. The van der Waals surface area contributed by atoms with Crippen molar-refractivity contribution in [2.75, 3.05) is 0 Å². The van der Waals surface area contributed by atoms with Gasteiger partial charge in [-0.2, -0.15) is 5.10 Å². The van der Waals surface area contributed by atoms with E-state index in [1.165, 1.54) is 6.07 Å². The summed E-state index contributed by atoms with van der Waals surface area (Å²) in [6.07, 6.45) is 1.55. The smallest absolute Gasteiger partial charge is 0.262 e. The summed E-state index contributed by atoms with van der Waals surface area (Å²) >= 11 is 0. The molecule has 0 aliphatic carbocycles. The second-order valence-electron chi connectivity index (χ2n) is 3.65. The van der Waals surface area contributed by atoms with E-state index < -0.39 is 0 Å². The maximum absolute atomic E-state index is 10.8. The molecule has 0 aliphatic rings. The predicted molar refractivity (Wildman–Crippen MR) is 56.8 cm³/mol. The van der Waals surface area contributed by atoms with Crippen LogP contribution in [0.4, 0.5) is 5.69 Å². The topological polar surface area (TPSA) is 61.0 Å². The van der Waals surface area contributed by atoms with Gasteiger partial charge in [0, 0.05) is 12.1 Å². The average molecular weight is 205 g/mol. The molecule has 0 bridgehead atoms. The van der Waals surface area contributed by atoms with Crippen LogP contribution in [0.25, 0.3) is 10.9 Å². The molecule has 0 aliphatic heterocycles. The molecule has 2 aromatic rings. The number of rotatable bonds is 2. The van der Waals surface area contributed by atoms with Crippen LogP contribution in [0, 0.1) is 10.1 Å². The third kappa shape index (κ3) is 1.45. The molecule has 0 saturated heterocycles. The molecule has 0 radical (unpaired) electrons. The van der Waals surface area contributed by atoms with Gasteiger partial charge in [0.25, 0.3) is 5.69 Å². The van der Waals surface area contributed by atoms with E-state index in [-0.39, 0.29) is 16.7 Å². The first-order valence-electron chi connectivity index (χ1n) is 4.72. The molecule has 1 aromatic carbocycles. The third-order valence-corrected chi connectivity index (χ3v) is 2.30. The first-order chi connectivity index (χ1) is 7.11. The van der Waals surface area contributed by atoms with E-state index >= 15 is 0 Å². The molecule has 0 amide bonds. The third-order valence-electron chi connectivity index (χ3n) is 2.30. The summed E-state index contributed by atoms with van der Waals surface area (Å²) in [5.41, 5.74) is 0.915. The lowest BCUT2D eigenvalue weighted by atomic mass is 10.2. The molecular weight excluding hydrogens is 194 g/mol. The first-order valence-corrected chi connectivity index (χ1v) is 4.72. The van der Waals surface area contributed by atoms with Crippen LogP contribution in [-0.4, -0.2) is 14.7 Å². The normalized spacial score (nSPS) is 11.1. The standard InChI is InChI=1S/C10H11N3O2/c1-7(2)12-9-4-3-5-10(13(14)15)8(9)6-11-12/h3-7H,1-2H3. The number of nitrogens with zero attached hydrogens (tertiary/aromatic N) is 3. The van der Waals surface area contributed by atoms with Crippen LogP contribution >= 0.6 is 0 Å². The second-order valence-corrected chi connectivity index (χ2v) is 3.65. The highest BCUT2D eigenvalue weighted by atomic mass is 16.6. The minimum atomic E-state index is -0.380. The van der Waals surface area contributed by atoms with Crippen molar-refractivity contribution in [3.63, 3.8) is 0 Å². The number of nitro groups is 1. The molecule has 0 spiro atoms. The summed E-state index contributed by atoms with van der Waals surface area (Å²) in [6.45, 7) is 3.98. The zero-order chi connectivity index (χ0) is 11.0. The first kappa shape index (κ1) is 9.64. The highest BCUT2D eigenvalue weighted by Gasteiger charge is 2.15. The van der Waals surface area contributed by atoms with Crippen LogP contribution in [0.1, 0.15) is 19.9 Å². The number of aromatic nitrogens is 2. The molecule has 0 unspecified atom stereocenters. The quantitative estimate of drug-likeness (QED) is 0.559. The fraction of sp³-hybridized carbons (Fsp3) is 0.300. The van der Waals surface area contributed by atoms with Crippen molar-refractivity contribution in [2.24, 2.45) is 0 Å². The molecular formula is C10H11N3O2. The predicted octanol–water partition coefficient (Wildman–Crippen LogP) is 2.53. The molecule has 15 heavy (non-hydrogen) atoms. The molecule has 0 atom stereocenters. The Kier molecular flexibility index (Phi) is 2.15. The Balaban J connectivity index is 2.74. The molecule has 0 N–H and O–H groups in total. The Morgan fingerprint density at radius 3 is 2.80 bits per heavy atom. The number of hydrogen-bond donors (Lipinski definition) is 0. The van der Waals surface area contributed by atoms with Crippen molar-refractivity contribution in [1.82, 2.24) is 9.78 Å². The number of hydrogen-bond acceptors (Lipinski definition) is 3. The summed E-state index contributed by atoms with van der Waals surface area (Å²) in [6, 6.07) is 5.22. The maximum Gasteiger partial charge on any atom is 0.280 e. The van der Waals surface area contributed by atoms with Crippen molar-refractivity contribution >= 4 is 16.6 Å². The number of non-ortho nitro benzene ring substituents is 1. The van der Waals surface area contributed by atoms with Gasteiger partial charge in [-0.05, 0) is 19.9 Å². The molecule has 2 rings (SSSR count). The van der Waals surface area contributed by atoms with Crippen LogP contribution in [0.2, 0.25) is 0 Å². The van der Waals surface area contributed by atoms with Gasteiger partial charge >= 0.3 is 0 Å².